The van der Waals surface area contributed by atoms with Crippen LogP contribution < -0.4 is 5.56 Å². The molecule has 0 amide bonds. The van der Waals surface area contributed by atoms with Crippen molar-refractivity contribution >= 4 is 0 Å². The maximum Gasteiger partial charge on any atom is 0.282 e. The Morgan fingerprint density at radius 3 is 2.40 bits per heavy atom. The van der Waals surface area contributed by atoms with Crippen molar-refractivity contribution in [1.82, 2.24) is 14.5 Å². The first kappa shape index (κ1) is 26.3. The topological polar surface area (TPSA) is 88.2 Å². The number of aliphatic hydroxyl groups excluding tert-OH is 2. The highest BCUT2D eigenvalue weighted by molar-refractivity contribution is 5.66. The first-order chi connectivity index (χ1) is 20.3. The molecule has 0 spiro atoms. The van der Waals surface area contributed by atoms with Gasteiger partial charge in [-0.3, -0.25) is 9.36 Å². The zero-order valence-corrected chi connectivity index (χ0v) is 24.4. The van der Waals surface area contributed by atoms with Gasteiger partial charge in [0.2, 0.25) is 0 Å². The first-order valence-corrected chi connectivity index (χ1v) is 15.7. The van der Waals surface area contributed by atoms with E-state index in [1.54, 1.807) is 0 Å². The van der Waals surface area contributed by atoms with Crippen LogP contribution >= 0.6 is 0 Å². The van der Waals surface area contributed by atoms with Crippen molar-refractivity contribution in [2.75, 3.05) is 0 Å². The maximum absolute atomic E-state index is 13.6. The normalized spacial score (nSPS) is 35.2. The van der Waals surface area contributed by atoms with Crippen LogP contribution in [0.2, 0.25) is 0 Å². The Kier molecular flexibility index (Phi) is 5.84. The van der Waals surface area contributed by atoms with Gasteiger partial charge in [0.05, 0.1) is 17.8 Å². The summed E-state index contributed by atoms with van der Waals surface area (Å²) in [6.07, 6.45) is 5.79. The Balaban J connectivity index is 1.28. The van der Waals surface area contributed by atoms with E-state index in [9.17, 15) is 15.0 Å². The van der Waals surface area contributed by atoms with Crippen LogP contribution in [-0.4, -0.2) is 37.0 Å². The zero-order valence-electron chi connectivity index (χ0n) is 24.4. The van der Waals surface area contributed by atoms with Gasteiger partial charge in [0.25, 0.3) is 5.56 Å². The van der Waals surface area contributed by atoms with Crippen LogP contribution in [0.25, 0.3) is 28.5 Å². The summed E-state index contributed by atoms with van der Waals surface area (Å²) in [5.41, 5.74) is 4.54. The average molecular weight is 562 g/mol. The van der Waals surface area contributed by atoms with Crippen molar-refractivity contribution in [2.24, 2.45) is 34.5 Å². The molecule has 0 unspecified atom stereocenters. The van der Waals surface area contributed by atoms with E-state index in [0.717, 1.165) is 49.8 Å². The Hall–Kier alpha value is -3.35. The van der Waals surface area contributed by atoms with Crippen LogP contribution in [0, 0.1) is 34.5 Å². The number of fused-ring (bicyclic) bond motifs is 7. The molecule has 0 saturated heterocycles. The third-order valence-corrected chi connectivity index (χ3v) is 12.1. The Labute approximate surface area is 246 Å². The van der Waals surface area contributed by atoms with E-state index in [1.807, 2.05) is 48.5 Å². The van der Waals surface area contributed by atoms with Crippen molar-refractivity contribution < 1.29 is 10.2 Å². The Morgan fingerprint density at radius 1 is 0.905 bits per heavy atom. The molecule has 0 aromatic heterocycles. The SMILES string of the molecule is C[C@]12CC[C@H]3[C@@H](CC[C@H]4Cc5c(cc6c(=O)nc(-c7ccccc7)nc-6n5-c5ccccc5)C[C@@]43C)[C@@H]1[C@H](O)C[C@@H]2O. The number of nitrogens with zero attached hydrogens (tertiary/aromatic N) is 3. The molecule has 216 valence electrons. The number of pyridine rings is 1. The van der Waals surface area contributed by atoms with Gasteiger partial charge in [0, 0.05) is 23.4 Å². The third kappa shape index (κ3) is 3.67. The van der Waals surface area contributed by atoms with Crippen molar-refractivity contribution in [3.05, 3.63) is 88.3 Å². The van der Waals surface area contributed by atoms with Gasteiger partial charge in [0.15, 0.2) is 11.6 Å². The highest BCUT2D eigenvalue weighted by Gasteiger charge is 2.62. The Morgan fingerprint density at radius 2 is 1.64 bits per heavy atom. The van der Waals surface area contributed by atoms with Crippen LogP contribution in [0.4, 0.5) is 0 Å². The van der Waals surface area contributed by atoms with E-state index >= 15 is 0 Å². The highest BCUT2D eigenvalue weighted by atomic mass is 16.3. The summed E-state index contributed by atoms with van der Waals surface area (Å²) in [4.78, 5) is 23.1. The molecule has 6 aliphatic rings. The van der Waals surface area contributed by atoms with Gasteiger partial charge in [-0.05, 0) is 96.8 Å². The maximum atomic E-state index is 13.6. The summed E-state index contributed by atoms with van der Waals surface area (Å²) in [5, 5.41) is 22.1. The minimum absolute atomic E-state index is 0.0700. The quantitative estimate of drug-likeness (QED) is 0.328. The van der Waals surface area contributed by atoms with E-state index in [2.05, 4.69) is 41.6 Å². The summed E-state index contributed by atoms with van der Waals surface area (Å²) in [7, 11) is 0. The molecule has 2 aliphatic heterocycles. The fourth-order valence-electron chi connectivity index (χ4n) is 10.0. The molecule has 2 aromatic carbocycles. The molecule has 2 heterocycles. The molecule has 8 rings (SSSR count). The standard InChI is InChI=1S/C36H39N3O3/c1-35-16-15-27-25(31(35)29(40)19-30(35)41)14-13-23-18-28-22(20-36(23,27)2)17-26-33(39(28)24-11-7-4-8-12-24)37-32(38-34(26)42)21-9-5-3-6-10-21/h3-12,17,23,25,27,29-31,40-41H,13-16,18-20H2,1-2H3/t23-,25+,27-,29+,30-,31+,35+,36-/m0/s1. The van der Waals surface area contributed by atoms with Crippen LogP contribution in [0.3, 0.4) is 0 Å². The monoisotopic (exact) mass is 561 g/mol. The van der Waals surface area contributed by atoms with Gasteiger partial charge in [-0.25, -0.2) is 4.98 Å². The summed E-state index contributed by atoms with van der Waals surface area (Å²) >= 11 is 0. The number of hydrogen-bond acceptors (Lipinski definition) is 5. The van der Waals surface area contributed by atoms with E-state index in [1.165, 1.54) is 11.3 Å². The molecule has 0 radical (unpaired) electrons. The lowest BCUT2D eigenvalue weighted by molar-refractivity contribution is -0.127. The second-order valence-electron chi connectivity index (χ2n) is 14.1. The van der Waals surface area contributed by atoms with Gasteiger partial charge in [-0.1, -0.05) is 62.4 Å². The van der Waals surface area contributed by atoms with Gasteiger partial charge in [-0.15, -0.1) is 0 Å². The molecule has 0 bridgehead atoms. The molecule has 2 aromatic rings. The lowest BCUT2D eigenvalue weighted by Gasteiger charge is -2.60. The van der Waals surface area contributed by atoms with Crippen LogP contribution in [0.1, 0.15) is 57.2 Å². The molecule has 2 N–H and O–H groups in total. The molecular formula is C36H39N3O3. The van der Waals surface area contributed by atoms with E-state index < -0.39 is 12.2 Å². The molecule has 6 heteroatoms. The summed E-state index contributed by atoms with van der Waals surface area (Å²) in [6.45, 7) is 4.69. The van der Waals surface area contributed by atoms with Crippen LogP contribution in [-0.2, 0) is 12.8 Å². The molecule has 3 fully saturated rings. The average Bonchev–Trinajstić information content (AvgIpc) is 3.23. The second-order valence-corrected chi connectivity index (χ2v) is 14.1. The number of aliphatic hydroxyl groups is 2. The second kappa shape index (κ2) is 9.32. The summed E-state index contributed by atoms with van der Waals surface area (Å²) in [5.74, 6) is 2.72. The van der Waals surface area contributed by atoms with Gasteiger partial charge in [-0.2, -0.15) is 4.98 Å². The van der Waals surface area contributed by atoms with Crippen molar-refractivity contribution in [3.63, 3.8) is 0 Å². The van der Waals surface area contributed by atoms with Crippen molar-refractivity contribution in [1.29, 1.82) is 0 Å². The number of benzene rings is 2. The smallest absolute Gasteiger partial charge is 0.282 e. The predicted molar refractivity (Wildman–Crippen MR) is 162 cm³/mol. The molecule has 42 heavy (non-hydrogen) atoms. The van der Waals surface area contributed by atoms with E-state index in [4.69, 9.17) is 4.98 Å². The van der Waals surface area contributed by atoms with E-state index in [-0.39, 0.29) is 22.3 Å². The molecule has 8 atom stereocenters. The summed E-state index contributed by atoms with van der Waals surface area (Å²) < 4.78 is 2.24. The number of aromatic nitrogens is 3. The minimum Gasteiger partial charge on any atom is -0.393 e. The highest BCUT2D eigenvalue weighted by Crippen LogP contribution is 2.65. The third-order valence-electron chi connectivity index (χ3n) is 12.1. The Bertz CT molecular complexity index is 1690. The van der Waals surface area contributed by atoms with E-state index in [0.29, 0.717) is 41.4 Å². The van der Waals surface area contributed by atoms with Crippen LogP contribution in [0.5, 0.6) is 0 Å². The van der Waals surface area contributed by atoms with Gasteiger partial charge < -0.3 is 10.2 Å². The fourth-order valence-corrected chi connectivity index (χ4v) is 10.0. The van der Waals surface area contributed by atoms with Crippen molar-refractivity contribution in [3.8, 4) is 28.5 Å². The zero-order chi connectivity index (χ0) is 28.8. The molecular weight excluding hydrogens is 522 g/mol. The lowest BCUT2D eigenvalue weighted by atomic mass is 9.45. The van der Waals surface area contributed by atoms with Crippen molar-refractivity contribution in [2.45, 2.75) is 71.0 Å². The first-order valence-electron chi connectivity index (χ1n) is 15.7. The van der Waals surface area contributed by atoms with Gasteiger partial charge >= 0.3 is 0 Å². The van der Waals surface area contributed by atoms with Gasteiger partial charge in [0.1, 0.15) is 0 Å². The largest absolute Gasteiger partial charge is 0.393 e. The molecule has 6 nitrogen and oxygen atoms in total. The molecule has 3 saturated carbocycles. The summed E-state index contributed by atoms with van der Waals surface area (Å²) in [6, 6.07) is 22.2. The number of rotatable bonds is 2. The fraction of sp³-hybridized carbons (Fsp3) is 0.472. The number of hydrogen-bond donors (Lipinski definition) is 2. The lowest BCUT2D eigenvalue weighted by Crippen LogP contribution is -2.56. The van der Waals surface area contributed by atoms with Crippen LogP contribution in [0.15, 0.2) is 71.5 Å². The predicted octanol–water partition coefficient (Wildman–Crippen LogP) is 5.69. The minimum atomic E-state index is -0.419. The number of para-hydroxylation sites is 1. The molecule has 4 aliphatic carbocycles.